The van der Waals surface area contributed by atoms with E-state index in [1.54, 1.807) is 12.7 Å². The predicted octanol–water partition coefficient (Wildman–Crippen LogP) is 3.22. The van der Waals surface area contributed by atoms with E-state index in [0.29, 0.717) is 0 Å². The van der Waals surface area contributed by atoms with Gasteiger partial charge in [-0.25, -0.2) is 0 Å². The normalized spacial score (nSPS) is 11.9. The molecule has 0 aromatic carbocycles. The van der Waals surface area contributed by atoms with Gasteiger partial charge in [0, 0.05) is 26.2 Å². The summed E-state index contributed by atoms with van der Waals surface area (Å²) in [6, 6.07) is 0. The van der Waals surface area contributed by atoms with Crippen molar-refractivity contribution in [1.82, 2.24) is 25.4 Å². The van der Waals surface area contributed by atoms with Gasteiger partial charge in [0.15, 0.2) is 5.96 Å². The van der Waals surface area contributed by atoms with Crippen molar-refractivity contribution in [2.75, 3.05) is 19.6 Å². The average molecular weight is 337 g/mol. The molecule has 0 saturated heterocycles. The van der Waals surface area contributed by atoms with E-state index in [0.717, 1.165) is 50.9 Å². The number of nitrogens with one attached hydrogen (secondary N) is 2. The zero-order chi connectivity index (χ0) is 17.5. The van der Waals surface area contributed by atoms with Crippen molar-refractivity contribution in [1.29, 1.82) is 0 Å². The van der Waals surface area contributed by atoms with E-state index < -0.39 is 0 Å². The van der Waals surface area contributed by atoms with E-state index in [4.69, 9.17) is 0 Å². The number of nitrogens with zero attached hydrogens (tertiary/aromatic N) is 4. The first kappa shape index (κ1) is 20.5. The maximum atomic E-state index is 4.66. The molecular formula is C18H36N6. The van der Waals surface area contributed by atoms with E-state index in [9.17, 15) is 0 Å². The summed E-state index contributed by atoms with van der Waals surface area (Å²) in [6.45, 7) is 10.4. The quantitative estimate of drug-likeness (QED) is 0.330. The van der Waals surface area contributed by atoms with Crippen LogP contribution in [0.4, 0.5) is 0 Å². The molecule has 1 aromatic rings. The molecule has 0 amide bonds. The Morgan fingerprint density at radius 2 is 1.75 bits per heavy atom. The number of hydrogen-bond donors (Lipinski definition) is 2. The van der Waals surface area contributed by atoms with Crippen LogP contribution in [0.1, 0.15) is 65.7 Å². The van der Waals surface area contributed by atoms with Gasteiger partial charge in [0.25, 0.3) is 0 Å². The van der Waals surface area contributed by atoms with Crippen molar-refractivity contribution in [3.8, 4) is 0 Å². The molecule has 6 nitrogen and oxygen atoms in total. The third kappa shape index (κ3) is 11.0. The van der Waals surface area contributed by atoms with Crippen LogP contribution in [-0.4, -0.2) is 40.4 Å². The fourth-order valence-electron chi connectivity index (χ4n) is 2.51. The summed E-state index contributed by atoms with van der Waals surface area (Å²) in [5.74, 6) is 1.78. The summed E-state index contributed by atoms with van der Waals surface area (Å²) in [5.41, 5.74) is 0. The van der Waals surface area contributed by atoms with Crippen molar-refractivity contribution < 1.29 is 0 Å². The van der Waals surface area contributed by atoms with Crippen LogP contribution in [0.3, 0.4) is 0 Å². The predicted molar refractivity (Wildman–Crippen MR) is 101 cm³/mol. The van der Waals surface area contributed by atoms with Crippen molar-refractivity contribution in [3.63, 3.8) is 0 Å². The summed E-state index contributed by atoms with van der Waals surface area (Å²) >= 11 is 0. The molecule has 138 valence electrons. The third-order valence-electron chi connectivity index (χ3n) is 3.91. The van der Waals surface area contributed by atoms with Gasteiger partial charge in [-0.05, 0) is 32.1 Å². The van der Waals surface area contributed by atoms with Gasteiger partial charge >= 0.3 is 0 Å². The van der Waals surface area contributed by atoms with Crippen LogP contribution in [-0.2, 0) is 6.54 Å². The summed E-state index contributed by atoms with van der Waals surface area (Å²) in [6.07, 6.45) is 12.3. The number of aromatic nitrogens is 3. The highest BCUT2D eigenvalue weighted by Gasteiger charge is 1.98. The molecule has 0 unspecified atom stereocenters. The zero-order valence-electron chi connectivity index (χ0n) is 15.8. The first-order chi connectivity index (χ1) is 11.7. The van der Waals surface area contributed by atoms with Gasteiger partial charge < -0.3 is 15.2 Å². The van der Waals surface area contributed by atoms with Crippen LogP contribution in [0.2, 0.25) is 0 Å². The maximum Gasteiger partial charge on any atom is 0.191 e. The van der Waals surface area contributed by atoms with E-state index >= 15 is 0 Å². The molecule has 0 atom stereocenters. The lowest BCUT2D eigenvalue weighted by atomic mass is 10.0. The lowest BCUT2D eigenvalue weighted by molar-refractivity contribution is 0.521. The largest absolute Gasteiger partial charge is 0.357 e. The lowest BCUT2D eigenvalue weighted by Gasteiger charge is -2.11. The van der Waals surface area contributed by atoms with Crippen LogP contribution in [0.5, 0.6) is 0 Å². The van der Waals surface area contributed by atoms with Crippen LogP contribution >= 0.6 is 0 Å². The van der Waals surface area contributed by atoms with Crippen LogP contribution in [0.15, 0.2) is 17.6 Å². The summed E-state index contributed by atoms with van der Waals surface area (Å²) in [7, 11) is 0. The van der Waals surface area contributed by atoms with Crippen LogP contribution < -0.4 is 10.6 Å². The molecule has 0 aliphatic carbocycles. The molecule has 0 bridgehead atoms. The Labute approximate surface area is 147 Å². The Balaban J connectivity index is 2.06. The Kier molecular flexibility index (Phi) is 11.8. The number of rotatable bonds is 13. The monoisotopic (exact) mass is 336 g/mol. The smallest absolute Gasteiger partial charge is 0.191 e. The van der Waals surface area contributed by atoms with Gasteiger partial charge in [-0.2, -0.15) is 0 Å². The minimum Gasteiger partial charge on any atom is -0.357 e. The summed E-state index contributed by atoms with van der Waals surface area (Å²) in [4.78, 5) is 4.66. The average Bonchev–Trinajstić information content (AvgIpc) is 3.06. The number of unbranched alkanes of at least 4 members (excludes halogenated alkanes) is 4. The fraction of sp³-hybridized carbons (Fsp3) is 0.833. The molecule has 24 heavy (non-hydrogen) atoms. The Morgan fingerprint density at radius 1 is 1.00 bits per heavy atom. The first-order valence-electron chi connectivity index (χ1n) is 9.57. The van der Waals surface area contributed by atoms with Crippen LogP contribution in [0, 0.1) is 5.92 Å². The van der Waals surface area contributed by atoms with E-state index in [2.05, 4.69) is 46.6 Å². The highest BCUT2D eigenvalue weighted by Crippen LogP contribution is 2.09. The number of guanidine groups is 1. The van der Waals surface area contributed by atoms with Gasteiger partial charge in [0.2, 0.25) is 0 Å². The van der Waals surface area contributed by atoms with Crippen molar-refractivity contribution in [2.24, 2.45) is 10.9 Å². The van der Waals surface area contributed by atoms with E-state index in [1.165, 1.54) is 32.1 Å². The van der Waals surface area contributed by atoms with Gasteiger partial charge in [0.05, 0.1) is 0 Å². The summed E-state index contributed by atoms with van der Waals surface area (Å²) < 4.78 is 2.01. The van der Waals surface area contributed by atoms with E-state index in [-0.39, 0.29) is 0 Å². The molecule has 1 heterocycles. The molecule has 0 radical (unpaired) electrons. The third-order valence-corrected chi connectivity index (χ3v) is 3.91. The van der Waals surface area contributed by atoms with E-state index in [1.807, 2.05) is 4.57 Å². The highest BCUT2D eigenvalue weighted by atomic mass is 15.2. The zero-order valence-corrected chi connectivity index (χ0v) is 15.8. The fourth-order valence-corrected chi connectivity index (χ4v) is 2.51. The molecule has 2 N–H and O–H groups in total. The van der Waals surface area contributed by atoms with Crippen molar-refractivity contribution >= 4 is 5.96 Å². The number of hydrogen-bond acceptors (Lipinski definition) is 3. The molecule has 1 rings (SSSR count). The van der Waals surface area contributed by atoms with Gasteiger partial charge in [-0.15, -0.1) is 10.2 Å². The standard InChI is InChI=1S/C18H36N6/c1-4-19-18(20-12-8-6-5-7-11-17(2)3)21-13-9-10-14-24-15-22-23-16-24/h15-17H,4-14H2,1-3H3,(H2,19,20,21). The molecule has 0 fully saturated rings. The van der Waals surface area contributed by atoms with Crippen molar-refractivity contribution in [3.05, 3.63) is 12.7 Å². The molecule has 0 spiro atoms. The minimum atomic E-state index is 0.831. The minimum absolute atomic E-state index is 0.831. The molecule has 0 aliphatic heterocycles. The van der Waals surface area contributed by atoms with Gasteiger partial charge in [0.1, 0.15) is 12.7 Å². The Bertz CT molecular complexity index is 413. The highest BCUT2D eigenvalue weighted by molar-refractivity contribution is 5.79. The Hall–Kier alpha value is -1.59. The maximum absolute atomic E-state index is 4.66. The second-order valence-corrected chi connectivity index (χ2v) is 6.69. The SMILES string of the molecule is CCNC(=NCCCCCCC(C)C)NCCCCn1cnnc1. The molecule has 6 heteroatoms. The van der Waals surface area contributed by atoms with Gasteiger partial charge in [-0.1, -0.05) is 39.5 Å². The number of aliphatic imine (C=N–C) groups is 1. The van der Waals surface area contributed by atoms with Crippen molar-refractivity contribution in [2.45, 2.75) is 72.3 Å². The second-order valence-electron chi connectivity index (χ2n) is 6.69. The molecule has 0 saturated carbocycles. The molecule has 0 aliphatic rings. The molecule has 1 aromatic heterocycles. The van der Waals surface area contributed by atoms with Gasteiger partial charge in [-0.3, -0.25) is 4.99 Å². The van der Waals surface area contributed by atoms with Crippen LogP contribution in [0.25, 0.3) is 0 Å². The summed E-state index contributed by atoms with van der Waals surface area (Å²) in [5, 5.41) is 14.4. The topological polar surface area (TPSA) is 67.1 Å². The number of aryl methyl sites for hydroxylation is 1. The Morgan fingerprint density at radius 3 is 2.46 bits per heavy atom. The molecular weight excluding hydrogens is 300 g/mol. The first-order valence-corrected chi connectivity index (χ1v) is 9.57. The lowest BCUT2D eigenvalue weighted by Crippen LogP contribution is -2.37. The second kappa shape index (κ2) is 13.8.